The summed E-state index contributed by atoms with van der Waals surface area (Å²) in [6, 6.07) is 5.66. The summed E-state index contributed by atoms with van der Waals surface area (Å²) in [5.41, 5.74) is 7.15. The number of hydrogen-bond acceptors (Lipinski definition) is 4. The van der Waals surface area contributed by atoms with Gasteiger partial charge < -0.3 is 19.9 Å². The van der Waals surface area contributed by atoms with E-state index in [1.165, 1.54) is 0 Å². The van der Waals surface area contributed by atoms with Gasteiger partial charge in [0.05, 0.1) is 12.1 Å². The van der Waals surface area contributed by atoms with Crippen molar-refractivity contribution in [3.05, 3.63) is 23.8 Å². The van der Waals surface area contributed by atoms with Crippen LogP contribution in [0.5, 0.6) is 11.5 Å². The van der Waals surface area contributed by atoms with E-state index in [4.69, 9.17) is 19.9 Å². The minimum absolute atomic E-state index is 0.0115. The Labute approximate surface area is 102 Å². The molecule has 4 heteroatoms. The fraction of sp³-hybridized carbons (Fsp3) is 0.538. The molecule has 17 heavy (non-hydrogen) atoms. The molecular weight excluding hydrogens is 218 g/mol. The van der Waals surface area contributed by atoms with Gasteiger partial charge in [0.1, 0.15) is 13.2 Å². The number of benzene rings is 1. The summed E-state index contributed by atoms with van der Waals surface area (Å²) in [5, 5.41) is 0. The fourth-order valence-electron chi connectivity index (χ4n) is 1.90. The van der Waals surface area contributed by atoms with Crippen LogP contribution in [0, 0.1) is 0 Å². The highest BCUT2D eigenvalue weighted by molar-refractivity contribution is 5.44. The molecule has 1 aromatic carbocycles. The largest absolute Gasteiger partial charge is 0.486 e. The van der Waals surface area contributed by atoms with E-state index in [1.807, 2.05) is 32.0 Å². The zero-order chi connectivity index (χ0) is 12.3. The van der Waals surface area contributed by atoms with Gasteiger partial charge in [0.2, 0.25) is 0 Å². The number of fused-ring (bicyclic) bond motifs is 1. The molecule has 0 saturated heterocycles. The Bertz CT molecular complexity index is 381. The second kappa shape index (κ2) is 5.38. The van der Waals surface area contributed by atoms with Crippen molar-refractivity contribution in [2.45, 2.75) is 26.0 Å². The molecule has 0 amide bonds. The first-order valence-electron chi connectivity index (χ1n) is 5.99. The molecular formula is C13H19NO3. The summed E-state index contributed by atoms with van der Waals surface area (Å²) >= 11 is 0. The lowest BCUT2D eigenvalue weighted by atomic mass is 10.0. The van der Waals surface area contributed by atoms with Crippen molar-refractivity contribution in [1.29, 1.82) is 0 Å². The highest BCUT2D eigenvalue weighted by atomic mass is 16.6. The zero-order valence-corrected chi connectivity index (χ0v) is 10.3. The van der Waals surface area contributed by atoms with Crippen molar-refractivity contribution in [1.82, 2.24) is 0 Å². The Hall–Kier alpha value is -1.26. The molecule has 2 rings (SSSR count). The topological polar surface area (TPSA) is 53.7 Å². The minimum atomic E-state index is -0.147. The van der Waals surface area contributed by atoms with Crippen LogP contribution >= 0.6 is 0 Å². The highest BCUT2D eigenvalue weighted by Gasteiger charge is 2.18. The molecule has 0 spiro atoms. The van der Waals surface area contributed by atoms with Crippen LogP contribution in [0.4, 0.5) is 0 Å². The number of ether oxygens (including phenoxy) is 3. The van der Waals surface area contributed by atoms with Gasteiger partial charge in [0, 0.05) is 6.61 Å². The van der Waals surface area contributed by atoms with Gasteiger partial charge in [-0.2, -0.15) is 0 Å². The van der Waals surface area contributed by atoms with Gasteiger partial charge in [-0.05, 0) is 31.5 Å². The SMILES string of the molecule is CCOC(C)C(N)c1ccc2c(c1)OCCO2. The number of rotatable bonds is 4. The molecule has 0 saturated carbocycles. The molecule has 0 fully saturated rings. The molecule has 2 N–H and O–H groups in total. The van der Waals surface area contributed by atoms with Gasteiger partial charge in [-0.3, -0.25) is 0 Å². The first kappa shape index (κ1) is 12.2. The van der Waals surface area contributed by atoms with Gasteiger partial charge in [0.15, 0.2) is 11.5 Å². The quantitative estimate of drug-likeness (QED) is 0.868. The van der Waals surface area contributed by atoms with E-state index in [2.05, 4.69) is 0 Å². The summed E-state index contributed by atoms with van der Waals surface area (Å²) in [6.07, 6.45) is -0.0115. The molecule has 1 aliphatic heterocycles. The summed E-state index contributed by atoms with van der Waals surface area (Å²) in [5.74, 6) is 1.56. The van der Waals surface area contributed by atoms with Crippen LogP contribution in [0.15, 0.2) is 18.2 Å². The maximum Gasteiger partial charge on any atom is 0.161 e. The van der Waals surface area contributed by atoms with Crippen LogP contribution in [-0.4, -0.2) is 25.9 Å². The second-order valence-corrected chi connectivity index (χ2v) is 4.09. The standard InChI is InChI=1S/C13H19NO3/c1-3-15-9(2)13(14)10-4-5-11-12(8-10)17-7-6-16-11/h4-5,8-9,13H,3,6-7,14H2,1-2H3. The predicted molar refractivity (Wildman–Crippen MR) is 65.4 cm³/mol. The third-order valence-electron chi connectivity index (χ3n) is 2.89. The van der Waals surface area contributed by atoms with E-state index in [1.54, 1.807) is 0 Å². The smallest absolute Gasteiger partial charge is 0.161 e. The van der Waals surface area contributed by atoms with Crippen molar-refractivity contribution >= 4 is 0 Å². The maximum absolute atomic E-state index is 6.14. The summed E-state index contributed by atoms with van der Waals surface area (Å²) in [6.45, 7) is 5.80. The maximum atomic E-state index is 6.14. The van der Waals surface area contributed by atoms with Crippen molar-refractivity contribution in [3.63, 3.8) is 0 Å². The van der Waals surface area contributed by atoms with Crippen molar-refractivity contribution in [3.8, 4) is 11.5 Å². The van der Waals surface area contributed by atoms with Crippen LogP contribution in [0.2, 0.25) is 0 Å². The summed E-state index contributed by atoms with van der Waals surface area (Å²) < 4.78 is 16.5. The molecule has 2 unspecified atom stereocenters. The van der Waals surface area contributed by atoms with Gasteiger partial charge in [-0.25, -0.2) is 0 Å². The lowest BCUT2D eigenvalue weighted by molar-refractivity contribution is 0.0573. The zero-order valence-electron chi connectivity index (χ0n) is 10.3. The summed E-state index contributed by atoms with van der Waals surface area (Å²) in [4.78, 5) is 0. The minimum Gasteiger partial charge on any atom is -0.486 e. The highest BCUT2D eigenvalue weighted by Crippen LogP contribution is 2.33. The molecule has 2 atom stereocenters. The van der Waals surface area contributed by atoms with Crippen LogP contribution in [0.3, 0.4) is 0 Å². The average Bonchev–Trinajstić information content (AvgIpc) is 2.37. The Morgan fingerprint density at radius 2 is 2.00 bits per heavy atom. The third-order valence-corrected chi connectivity index (χ3v) is 2.89. The molecule has 0 radical (unpaired) electrons. The van der Waals surface area contributed by atoms with E-state index >= 15 is 0 Å². The molecule has 0 bridgehead atoms. The first-order chi connectivity index (χ1) is 8.22. The first-order valence-corrected chi connectivity index (χ1v) is 5.99. The van der Waals surface area contributed by atoms with E-state index in [0.29, 0.717) is 19.8 Å². The molecule has 1 aliphatic rings. The number of hydrogen-bond donors (Lipinski definition) is 1. The van der Waals surface area contributed by atoms with Gasteiger partial charge >= 0.3 is 0 Å². The van der Waals surface area contributed by atoms with Crippen LogP contribution in [0.1, 0.15) is 25.5 Å². The second-order valence-electron chi connectivity index (χ2n) is 4.09. The van der Waals surface area contributed by atoms with Crippen molar-refractivity contribution in [2.75, 3.05) is 19.8 Å². The molecule has 0 aromatic heterocycles. The molecule has 94 valence electrons. The van der Waals surface area contributed by atoms with Crippen molar-refractivity contribution in [2.24, 2.45) is 5.73 Å². The lowest BCUT2D eigenvalue weighted by Crippen LogP contribution is -2.26. The van der Waals surface area contributed by atoms with Gasteiger partial charge in [-0.1, -0.05) is 6.07 Å². The average molecular weight is 237 g/mol. The normalized spacial score (nSPS) is 17.6. The monoisotopic (exact) mass is 237 g/mol. The Morgan fingerprint density at radius 3 is 2.71 bits per heavy atom. The Balaban J connectivity index is 2.15. The Morgan fingerprint density at radius 1 is 1.29 bits per heavy atom. The number of nitrogens with two attached hydrogens (primary N) is 1. The van der Waals surface area contributed by atoms with Gasteiger partial charge in [-0.15, -0.1) is 0 Å². The fourth-order valence-corrected chi connectivity index (χ4v) is 1.90. The van der Waals surface area contributed by atoms with E-state index in [9.17, 15) is 0 Å². The van der Waals surface area contributed by atoms with E-state index in [0.717, 1.165) is 17.1 Å². The molecule has 0 aliphatic carbocycles. The molecule has 1 aromatic rings. The van der Waals surface area contributed by atoms with Gasteiger partial charge in [0.25, 0.3) is 0 Å². The molecule has 4 nitrogen and oxygen atoms in total. The van der Waals surface area contributed by atoms with E-state index < -0.39 is 0 Å². The van der Waals surface area contributed by atoms with E-state index in [-0.39, 0.29) is 12.1 Å². The summed E-state index contributed by atoms with van der Waals surface area (Å²) in [7, 11) is 0. The van der Waals surface area contributed by atoms with Crippen LogP contribution in [-0.2, 0) is 4.74 Å². The van der Waals surface area contributed by atoms with Crippen molar-refractivity contribution < 1.29 is 14.2 Å². The molecule has 1 heterocycles. The predicted octanol–water partition coefficient (Wildman–Crippen LogP) is 1.88. The van der Waals surface area contributed by atoms with Crippen LogP contribution < -0.4 is 15.2 Å². The Kier molecular flexibility index (Phi) is 3.86. The van der Waals surface area contributed by atoms with Crippen LogP contribution in [0.25, 0.3) is 0 Å². The lowest BCUT2D eigenvalue weighted by Gasteiger charge is -2.23. The third kappa shape index (κ3) is 2.70.